The van der Waals surface area contributed by atoms with Crippen LogP contribution in [0.3, 0.4) is 0 Å². The van der Waals surface area contributed by atoms with E-state index in [4.69, 9.17) is 47.6 Å². The molecule has 2 aliphatic heterocycles. The van der Waals surface area contributed by atoms with Crippen LogP contribution in [-0.2, 0) is 22.7 Å². The van der Waals surface area contributed by atoms with Crippen LogP contribution in [0.4, 0.5) is 0 Å². The van der Waals surface area contributed by atoms with Crippen molar-refractivity contribution in [2.75, 3.05) is 27.3 Å². The van der Waals surface area contributed by atoms with Gasteiger partial charge in [0.1, 0.15) is 11.4 Å². The van der Waals surface area contributed by atoms with Crippen LogP contribution in [0.5, 0.6) is 11.8 Å². The van der Waals surface area contributed by atoms with Crippen LogP contribution < -0.4 is 30.7 Å². The molecule has 1 spiro atoms. The van der Waals surface area contributed by atoms with Gasteiger partial charge in [-0.2, -0.15) is 0 Å². The third-order valence-corrected chi connectivity index (χ3v) is 10.9. The fraction of sp³-hybridized carbons (Fsp3) is 0.405. The van der Waals surface area contributed by atoms with Gasteiger partial charge in [0.05, 0.1) is 48.0 Å². The molecule has 12 nitrogen and oxygen atoms in total. The maximum Gasteiger partial charge on any atom is 0.237 e. The quantitative estimate of drug-likeness (QED) is 0.155. The van der Waals surface area contributed by atoms with E-state index >= 15 is 0 Å². The second-order valence-corrected chi connectivity index (χ2v) is 14.2. The SMILES string of the molecule is COc1nc(-c2cccc(-c3cccc(-c4cnc(CNC5CCC6(CNC(=O)C6)C5)c(OC)n4)c3Cl)c2Cl)cnc1CNCC1CCC(=O)N1. The molecule has 266 valence electrons. The van der Waals surface area contributed by atoms with Gasteiger partial charge in [-0.1, -0.05) is 59.6 Å². The number of benzene rings is 2. The number of ether oxygens (including phenoxy) is 2. The summed E-state index contributed by atoms with van der Waals surface area (Å²) in [5, 5.41) is 13.8. The Labute approximate surface area is 306 Å². The minimum Gasteiger partial charge on any atom is -0.480 e. The number of hydrogen-bond acceptors (Lipinski definition) is 10. The van der Waals surface area contributed by atoms with E-state index in [1.54, 1.807) is 26.6 Å². The first-order valence-corrected chi connectivity index (χ1v) is 17.9. The predicted octanol–water partition coefficient (Wildman–Crippen LogP) is 5.11. The van der Waals surface area contributed by atoms with Crippen molar-refractivity contribution in [1.29, 1.82) is 0 Å². The summed E-state index contributed by atoms with van der Waals surface area (Å²) in [6.45, 7) is 2.33. The minimum absolute atomic E-state index is 0.0679. The molecule has 2 aromatic heterocycles. The standard InChI is InChI=1S/C37H40Cl2N8O4/c1-50-35-29(16-40-15-22-9-10-31(48)45-22)42-17-27(46-35)25-7-3-5-23(33(25)38)24-6-4-8-26(34(24)39)28-18-43-30(36(47-28)51-2)19-41-21-11-12-37(13-21)14-32(49)44-20-37/h3-8,17-18,21-22,40-41H,9-16,19-20H2,1-2H3,(H,44,49)(H,45,48). The second-order valence-electron chi connectivity index (χ2n) is 13.5. The maximum atomic E-state index is 11.8. The third-order valence-electron chi connectivity index (χ3n) is 10.1. The van der Waals surface area contributed by atoms with E-state index in [-0.39, 0.29) is 23.3 Å². The molecule has 51 heavy (non-hydrogen) atoms. The van der Waals surface area contributed by atoms with E-state index in [2.05, 4.69) is 26.3 Å². The molecule has 0 radical (unpaired) electrons. The lowest BCUT2D eigenvalue weighted by molar-refractivity contribution is -0.120. The average Bonchev–Trinajstić information content (AvgIpc) is 3.86. The van der Waals surface area contributed by atoms with Crippen LogP contribution >= 0.6 is 23.2 Å². The highest BCUT2D eigenvalue weighted by atomic mass is 35.5. The van der Waals surface area contributed by atoms with Crippen LogP contribution in [0, 0.1) is 5.41 Å². The number of halogens is 2. The molecule has 2 amide bonds. The highest BCUT2D eigenvalue weighted by Crippen LogP contribution is 2.44. The first-order valence-electron chi connectivity index (χ1n) is 17.1. The number of rotatable bonds is 12. The Morgan fingerprint density at radius 2 is 1.45 bits per heavy atom. The van der Waals surface area contributed by atoms with Crippen molar-refractivity contribution in [1.82, 2.24) is 41.2 Å². The molecule has 3 fully saturated rings. The van der Waals surface area contributed by atoms with Gasteiger partial charge >= 0.3 is 0 Å². The summed E-state index contributed by atoms with van der Waals surface area (Å²) >= 11 is 14.2. The number of aromatic nitrogens is 4. The number of amides is 2. The summed E-state index contributed by atoms with van der Waals surface area (Å²) in [6.07, 6.45) is 8.36. The Kier molecular flexibility index (Phi) is 10.4. The maximum absolute atomic E-state index is 11.8. The van der Waals surface area contributed by atoms with Gasteiger partial charge < -0.3 is 30.7 Å². The predicted molar refractivity (Wildman–Crippen MR) is 194 cm³/mol. The van der Waals surface area contributed by atoms with Crippen molar-refractivity contribution in [3.8, 4) is 45.4 Å². The molecule has 14 heteroatoms. The highest BCUT2D eigenvalue weighted by molar-refractivity contribution is 6.39. The van der Waals surface area contributed by atoms with Crippen molar-refractivity contribution in [2.45, 2.75) is 63.7 Å². The number of methoxy groups -OCH3 is 2. The van der Waals surface area contributed by atoms with Gasteiger partial charge in [0.25, 0.3) is 0 Å². The first kappa shape index (κ1) is 35.1. The molecule has 4 N–H and O–H groups in total. The van der Waals surface area contributed by atoms with E-state index < -0.39 is 0 Å². The molecule has 2 saturated heterocycles. The average molecular weight is 732 g/mol. The van der Waals surface area contributed by atoms with Gasteiger partial charge in [-0.25, -0.2) is 9.97 Å². The van der Waals surface area contributed by atoms with Crippen LogP contribution in [0.1, 0.15) is 49.9 Å². The van der Waals surface area contributed by atoms with Gasteiger partial charge in [0.2, 0.25) is 23.6 Å². The van der Waals surface area contributed by atoms with E-state index in [0.717, 1.165) is 43.4 Å². The highest BCUT2D eigenvalue weighted by Gasteiger charge is 2.44. The van der Waals surface area contributed by atoms with Gasteiger partial charge in [0, 0.05) is 73.4 Å². The van der Waals surface area contributed by atoms with Crippen molar-refractivity contribution in [3.63, 3.8) is 0 Å². The van der Waals surface area contributed by atoms with Crippen molar-refractivity contribution in [3.05, 3.63) is 70.2 Å². The molecule has 3 unspecified atom stereocenters. The monoisotopic (exact) mass is 730 g/mol. The summed E-state index contributed by atoms with van der Waals surface area (Å²) < 4.78 is 11.3. The molecule has 0 bridgehead atoms. The Morgan fingerprint density at radius 3 is 2.00 bits per heavy atom. The molecule has 4 heterocycles. The zero-order valence-corrected chi connectivity index (χ0v) is 30.0. The lowest BCUT2D eigenvalue weighted by Crippen LogP contribution is -2.35. The molecular formula is C37H40Cl2N8O4. The zero-order valence-electron chi connectivity index (χ0n) is 28.5. The van der Waals surface area contributed by atoms with Crippen LogP contribution in [-0.4, -0.2) is 71.1 Å². The summed E-state index contributed by atoms with van der Waals surface area (Å²) in [6, 6.07) is 11.8. The van der Waals surface area contributed by atoms with Gasteiger partial charge in [0.15, 0.2) is 0 Å². The van der Waals surface area contributed by atoms with Crippen molar-refractivity contribution >= 4 is 35.0 Å². The van der Waals surface area contributed by atoms with Gasteiger partial charge in [-0.15, -0.1) is 0 Å². The molecule has 1 aliphatic carbocycles. The Bertz CT molecular complexity index is 1960. The fourth-order valence-electron chi connectivity index (χ4n) is 7.39. The van der Waals surface area contributed by atoms with Crippen LogP contribution in [0.15, 0.2) is 48.8 Å². The molecule has 1 saturated carbocycles. The van der Waals surface area contributed by atoms with Crippen LogP contribution in [0.25, 0.3) is 33.6 Å². The van der Waals surface area contributed by atoms with Gasteiger partial charge in [-0.05, 0) is 31.1 Å². The van der Waals surface area contributed by atoms with Crippen LogP contribution in [0.2, 0.25) is 10.0 Å². The van der Waals surface area contributed by atoms with E-state index in [9.17, 15) is 9.59 Å². The van der Waals surface area contributed by atoms with Gasteiger partial charge in [-0.3, -0.25) is 19.6 Å². The number of carbonyl (C=O) groups is 2. The lowest BCUT2D eigenvalue weighted by atomic mass is 9.85. The molecule has 3 atom stereocenters. The Morgan fingerprint density at radius 1 is 0.843 bits per heavy atom. The van der Waals surface area contributed by atoms with E-state index in [0.29, 0.717) is 94.2 Å². The molecule has 3 aliphatic rings. The fourth-order valence-corrected chi connectivity index (χ4v) is 8.04. The van der Waals surface area contributed by atoms with E-state index in [1.165, 1.54) is 0 Å². The summed E-state index contributed by atoms with van der Waals surface area (Å²) in [4.78, 5) is 42.2. The zero-order chi connectivity index (χ0) is 35.5. The first-order chi connectivity index (χ1) is 24.8. The largest absolute Gasteiger partial charge is 0.480 e. The number of nitrogens with zero attached hydrogens (tertiary/aromatic N) is 4. The Balaban J connectivity index is 1.08. The molecular weight excluding hydrogens is 691 g/mol. The third kappa shape index (κ3) is 7.50. The summed E-state index contributed by atoms with van der Waals surface area (Å²) in [5.74, 6) is 1.04. The minimum atomic E-state index is 0.0679. The van der Waals surface area contributed by atoms with E-state index in [1.807, 2.05) is 36.4 Å². The lowest BCUT2D eigenvalue weighted by Gasteiger charge is -2.21. The number of hydrogen-bond donors (Lipinski definition) is 4. The number of nitrogens with one attached hydrogen (secondary N) is 4. The second kappa shape index (κ2) is 15.1. The molecule has 7 rings (SSSR count). The Hall–Kier alpha value is -4.36. The summed E-state index contributed by atoms with van der Waals surface area (Å²) in [7, 11) is 3.14. The smallest absolute Gasteiger partial charge is 0.237 e. The van der Waals surface area contributed by atoms with Crippen molar-refractivity contribution in [2.24, 2.45) is 5.41 Å². The number of carbonyl (C=O) groups excluding carboxylic acids is 2. The van der Waals surface area contributed by atoms with Crippen molar-refractivity contribution < 1.29 is 19.1 Å². The summed E-state index contributed by atoms with van der Waals surface area (Å²) in [5.41, 5.74) is 5.36. The molecule has 4 aromatic rings. The molecule has 2 aromatic carbocycles. The topological polar surface area (TPSA) is 152 Å². The normalized spacial score (nSPS) is 21.3.